The SMILES string of the molecule is COCc1cc(C)nc2c(C(=O)N[C@H]3CCCC(C(C)CCO)C3)ccn12. The molecule has 1 fully saturated rings. The van der Waals surface area contributed by atoms with Crippen LogP contribution in [0.15, 0.2) is 18.3 Å². The fourth-order valence-corrected chi connectivity index (χ4v) is 4.29. The van der Waals surface area contributed by atoms with Gasteiger partial charge in [0, 0.05) is 31.6 Å². The summed E-state index contributed by atoms with van der Waals surface area (Å²) in [5.74, 6) is 1.00. The highest BCUT2D eigenvalue weighted by Gasteiger charge is 2.27. The molecule has 0 aromatic carbocycles. The minimum absolute atomic E-state index is 0.0561. The molecule has 3 rings (SSSR count). The van der Waals surface area contributed by atoms with E-state index in [9.17, 15) is 9.90 Å². The molecule has 1 aliphatic carbocycles. The fraction of sp³-hybridized carbons (Fsp3) is 0.619. The predicted octanol–water partition coefficient (Wildman–Crippen LogP) is 3.10. The molecule has 6 heteroatoms. The number of methoxy groups -OCH3 is 1. The third-order valence-electron chi connectivity index (χ3n) is 5.80. The monoisotopic (exact) mass is 373 g/mol. The molecule has 1 amide bonds. The van der Waals surface area contributed by atoms with E-state index in [-0.39, 0.29) is 18.6 Å². The van der Waals surface area contributed by atoms with Gasteiger partial charge in [-0.05, 0) is 50.2 Å². The summed E-state index contributed by atoms with van der Waals surface area (Å²) in [6, 6.07) is 4.01. The molecular formula is C21H31N3O3. The Hall–Kier alpha value is -1.92. The normalized spacial score (nSPS) is 21.3. The van der Waals surface area contributed by atoms with Crippen LogP contribution in [0.4, 0.5) is 0 Å². The lowest BCUT2D eigenvalue weighted by Gasteiger charge is -2.33. The molecule has 6 nitrogen and oxygen atoms in total. The van der Waals surface area contributed by atoms with E-state index in [4.69, 9.17) is 4.74 Å². The van der Waals surface area contributed by atoms with Crippen molar-refractivity contribution in [3.8, 4) is 0 Å². The molecule has 0 bridgehead atoms. The van der Waals surface area contributed by atoms with Crippen LogP contribution in [0.25, 0.3) is 5.65 Å². The summed E-state index contributed by atoms with van der Waals surface area (Å²) >= 11 is 0. The van der Waals surface area contributed by atoms with Crippen LogP contribution in [0, 0.1) is 18.8 Å². The number of aliphatic hydroxyl groups is 1. The van der Waals surface area contributed by atoms with Crippen LogP contribution in [0.2, 0.25) is 0 Å². The van der Waals surface area contributed by atoms with Crippen LogP contribution in [0.5, 0.6) is 0 Å². The maximum atomic E-state index is 12.9. The molecular weight excluding hydrogens is 342 g/mol. The maximum Gasteiger partial charge on any atom is 0.255 e. The first kappa shape index (κ1) is 19.8. The Morgan fingerprint density at radius 2 is 2.30 bits per heavy atom. The van der Waals surface area contributed by atoms with Crippen LogP contribution < -0.4 is 5.32 Å². The van der Waals surface area contributed by atoms with E-state index in [1.807, 2.05) is 29.7 Å². The molecule has 0 aliphatic heterocycles. The number of ether oxygens (including phenoxy) is 1. The van der Waals surface area contributed by atoms with Crippen molar-refractivity contribution < 1.29 is 14.6 Å². The zero-order valence-electron chi connectivity index (χ0n) is 16.6. The van der Waals surface area contributed by atoms with Crippen molar-refractivity contribution in [1.29, 1.82) is 0 Å². The summed E-state index contributed by atoms with van der Waals surface area (Å²) in [6.45, 7) is 4.85. The molecule has 2 aromatic rings. The molecule has 27 heavy (non-hydrogen) atoms. The molecule has 0 saturated heterocycles. The van der Waals surface area contributed by atoms with Crippen LogP contribution in [0.3, 0.4) is 0 Å². The largest absolute Gasteiger partial charge is 0.396 e. The van der Waals surface area contributed by atoms with Crippen LogP contribution in [-0.4, -0.2) is 40.2 Å². The quantitative estimate of drug-likeness (QED) is 0.782. The lowest BCUT2D eigenvalue weighted by molar-refractivity contribution is 0.0908. The van der Waals surface area contributed by atoms with Gasteiger partial charge in [0.2, 0.25) is 0 Å². The summed E-state index contributed by atoms with van der Waals surface area (Å²) < 4.78 is 7.20. The zero-order chi connectivity index (χ0) is 19.4. The van der Waals surface area contributed by atoms with Crippen molar-refractivity contribution in [2.75, 3.05) is 13.7 Å². The molecule has 148 valence electrons. The van der Waals surface area contributed by atoms with Gasteiger partial charge < -0.3 is 19.6 Å². The highest BCUT2D eigenvalue weighted by atomic mass is 16.5. The number of hydrogen-bond acceptors (Lipinski definition) is 4. The minimum atomic E-state index is -0.0561. The second-order valence-electron chi connectivity index (χ2n) is 7.83. The molecule has 1 aliphatic rings. The second kappa shape index (κ2) is 8.85. The number of carbonyl (C=O) groups is 1. The lowest BCUT2D eigenvalue weighted by atomic mass is 9.77. The first-order valence-corrected chi connectivity index (χ1v) is 9.91. The van der Waals surface area contributed by atoms with Gasteiger partial charge in [-0.25, -0.2) is 4.98 Å². The Bertz CT molecular complexity index is 786. The molecule has 2 aromatic heterocycles. The van der Waals surface area contributed by atoms with E-state index in [1.54, 1.807) is 7.11 Å². The third-order valence-corrected chi connectivity index (χ3v) is 5.80. The lowest BCUT2D eigenvalue weighted by Crippen LogP contribution is -2.39. The summed E-state index contributed by atoms with van der Waals surface area (Å²) in [7, 11) is 1.66. The molecule has 2 unspecified atom stereocenters. The minimum Gasteiger partial charge on any atom is -0.396 e. The van der Waals surface area contributed by atoms with E-state index in [1.165, 1.54) is 6.42 Å². The van der Waals surface area contributed by atoms with E-state index in [0.29, 0.717) is 29.7 Å². The number of nitrogens with zero attached hydrogens (tertiary/aromatic N) is 2. The first-order chi connectivity index (χ1) is 13.0. The first-order valence-electron chi connectivity index (χ1n) is 9.91. The van der Waals surface area contributed by atoms with E-state index in [0.717, 1.165) is 37.1 Å². The molecule has 0 radical (unpaired) electrons. The van der Waals surface area contributed by atoms with E-state index < -0.39 is 0 Å². The Labute approximate surface area is 160 Å². The number of rotatable bonds is 7. The van der Waals surface area contributed by atoms with Crippen LogP contribution >= 0.6 is 0 Å². The van der Waals surface area contributed by atoms with Gasteiger partial charge in [0.1, 0.15) is 5.65 Å². The van der Waals surface area contributed by atoms with Gasteiger partial charge in [-0.15, -0.1) is 0 Å². The van der Waals surface area contributed by atoms with Gasteiger partial charge >= 0.3 is 0 Å². The van der Waals surface area contributed by atoms with Crippen molar-refractivity contribution in [3.63, 3.8) is 0 Å². The average molecular weight is 373 g/mol. The van der Waals surface area contributed by atoms with Crippen LogP contribution in [0.1, 0.15) is 60.8 Å². The van der Waals surface area contributed by atoms with Crippen molar-refractivity contribution in [1.82, 2.24) is 14.7 Å². The number of aromatic nitrogens is 2. The number of amides is 1. The number of carbonyl (C=O) groups excluding carboxylic acids is 1. The van der Waals surface area contributed by atoms with Gasteiger partial charge in [-0.3, -0.25) is 4.79 Å². The summed E-state index contributed by atoms with van der Waals surface area (Å²) in [5, 5.41) is 12.4. The maximum absolute atomic E-state index is 12.9. The van der Waals surface area contributed by atoms with Gasteiger partial charge in [0.25, 0.3) is 5.91 Å². The number of aliphatic hydroxyl groups excluding tert-OH is 1. The predicted molar refractivity (Wildman–Crippen MR) is 105 cm³/mol. The van der Waals surface area contributed by atoms with Crippen LogP contribution in [-0.2, 0) is 11.3 Å². The highest BCUT2D eigenvalue weighted by Crippen LogP contribution is 2.32. The number of hydrogen-bond donors (Lipinski definition) is 2. The summed E-state index contributed by atoms with van der Waals surface area (Å²) in [6.07, 6.45) is 7.03. The molecule has 2 N–H and O–H groups in total. The van der Waals surface area contributed by atoms with Gasteiger partial charge in [-0.2, -0.15) is 0 Å². The Balaban J connectivity index is 1.74. The average Bonchev–Trinajstić information content (AvgIpc) is 3.06. The highest BCUT2D eigenvalue weighted by molar-refractivity contribution is 6.00. The smallest absolute Gasteiger partial charge is 0.255 e. The Kier molecular flexibility index (Phi) is 6.50. The van der Waals surface area contributed by atoms with Gasteiger partial charge in [-0.1, -0.05) is 19.8 Å². The Morgan fingerprint density at radius 1 is 1.48 bits per heavy atom. The molecule has 0 spiro atoms. The standard InChI is InChI=1S/C21H31N3O3/c1-14(8-10-25)16-5-4-6-17(12-16)23-21(26)19-7-9-24-18(13-27-3)11-15(2)22-20(19)24/h7,9,11,14,16-17,25H,4-6,8,10,12-13H2,1-3H3,(H,23,26)/t14?,16?,17-/m0/s1. The molecule has 3 atom stereocenters. The van der Waals surface area contributed by atoms with Crippen molar-refractivity contribution >= 4 is 11.6 Å². The van der Waals surface area contributed by atoms with Gasteiger partial charge in [0.15, 0.2) is 0 Å². The zero-order valence-corrected chi connectivity index (χ0v) is 16.6. The topological polar surface area (TPSA) is 75.9 Å². The molecule has 2 heterocycles. The molecule has 1 saturated carbocycles. The van der Waals surface area contributed by atoms with E-state index in [2.05, 4.69) is 17.2 Å². The number of fused-ring (bicyclic) bond motifs is 1. The number of nitrogens with one attached hydrogen (secondary N) is 1. The van der Waals surface area contributed by atoms with Crippen molar-refractivity contribution in [2.24, 2.45) is 11.8 Å². The van der Waals surface area contributed by atoms with E-state index >= 15 is 0 Å². The fourth-order valence-electron chi connectivity index (χ4n) is 4.29. The Morgan fingerprint density at radius 3 is 3.04 bits per heavy atom. The summed E-state index contributed by atoms with van der Waals surface area (Å²) in [4.78, 5) is 17.5. The summed E-state index contributed by atoms with van der Waals surface area (Å²) in [5.41, 5.74) is 3.15. The second-order valence-corrected chi connectivity index (χ2v) is 7.83. The van der Waals surface area contributed by atoms with Gasteiger partial charge in [0.05, 0.1) is 17.9 Å². The number of aryl methyl sites for hydroxylation is 1. The van der Waals surface area contributed by atoms with Crippen molar-refractivity contribution in [2.45, 2.75) is 58.6 Å². The third kappa shape index (κ3) is 4.50. The van der Waals surface area contributed by atoms with Crippen molar-refractivity contribution in [3.05, 3.63) is 35.3 Å².